The number of aromatic nitrogens is 2. The number of aryl methyl sites for hydroxylation is 1. The molecule has 6 aromatic rings. The van der Waals surface area contributed by atoms with E-state index >= 15 is 0 Å². The van der Waals surface area contributed by atoms with Gasteiger partial charge in [-0.2, -0.15) is 9.78 Å². The van der Waals surface area contributed by atoms with Crippen molar-refractivity contribution in [2.24, 2.45) is 5.92 Å². The molecule has 2 aromatic heterocycles. The van der Waals surface area contributed by atoms with Gasteiger partial charge in [-0.1, -0.05) is 62.4 Å². The normalized spacial score (nSPS) is 18.1. The second-order valence-corrected chi connectivity index (χ2v) is 15.2. The summed E-state index contributed by atoms with van der Waals surface area (Å²) in [6, 6.07) is 31.5. The maximum Gasteiger partial charge on any atom is 0.279 e. The Kier molecular flexibility index (Phi) is 22.4. The summed E-state index contributed by atoms with van der Waals surface area (Å²) in [4.78, 5) is 39.3. The molecule has 0 spiro atoms. The second-order valence-electron chi connectivity index (χ2n) is 15.2. The molecule has 2 saturated carbocycles. The van der Waals surface area contributed by atoms with Crippen LogP contribution in [0.1, 0.15) is 104 Å². The molecular formula is C49H54Ar3N2O7. The van der Waals surface area contributed by atoms with Crippen molar-refractivity contribution >= 4 is 22.3 Å². The van der Waals surface area contributed by atoms with Gasteiger partial charge in [0.1, 0.15) is 5.75 Å². The van der Waals surface area contributed by atoms with Crippen LogP contribution < -0.4 is 10.3 Å². The van der Waals surface area contributed by atoms with Crippen LogP contribution in [0.5, 0.6) is 5.75 Å². The zero-order valence-corrected chi connectivity index (χ0v) is 36.3. The van der Waals surface area contributed by atoms with Crippen molar-refractivity contribution < 1.29 is 141 Å². The van der Waals surface area contributed by atoms with Crippen molar-refractivity contribution in [3.05, 3.63) is 148 Å². The Morgan fingerprint density at radius 3 is 1.66 bits per heavy atom. The van der Waals surface area contributed by atoms with E-state index in [1.165, 1.54) is 68.2 Å². The van der Waals surface area contributed by atoms with E-state index in [0.717, 1.165) is 28.2 Å². The number of benzene rings is 4. The molecule has 0 N–H and O–H groups in total. The first kappa shape index (κ1) is 53.5. The van der Waals surface area contributed by atoms with Gasteiger partial charge in [0.25, 0.3) is 5.56 Å². The zero-order valence-electron chi connectivity index (χ0n) is 34.2. The standard InChI is InChI=1S/C34H24N2O5.C14H26O2.CH4.3Ar/c1-21-7-9-23(10-8-21)32(37)29-19-20-30(41-29)33(38)24-11-15-25(16-12-24)36-34(39)28-6-4-3-5-27(28)31(35-36)22-13-17-26(40-2)18-14-22;1-11-3-5-13(6-4-11)16-14-9-7-12(15-2)8-10-14;;;;/h3-20H,1-2H3;11-14H,3-10H2,1-2H3;1H4;;;. The summed E-state index contributed by atoms with van der Waals surface area (Å²) < 4.78 is 23.9. The number of furan rings is 1. The third-order valence-corrected chi connectivity index (χ3v) is 11.2. The first-order valence-electron chi connectivity index (χ1n) is 19.9. The minimum Gasteiger partial charge on any atom is -0.497 e. The zero-order chi connectivity index (χ0) is 39.9. The van der Waals surface area contributed by atoms with Crippen molar-refractivity contribution in [1.82, 2.24) is 9.78 Å². The summed E-state index contributed by atoms with van der Waals surface area (Å²) in [6.07, 6.45) is 11.6. The van der Waals surface area contributed by atoms with Gasteiger partial charge in [0, 0.05) is 142 Å². The molecular weight excluding hydrogens is 848 g/mol. The number of carbonyl (C=O) groups is 2. The Hall–Kier alpha value is -1.86. The summed E-state index contributed by atoms with van der Waals surface area (Å²) in [6.45, 7) is 4.30. The number of ether oxygens (including phenoxy) is 3. The van der Waals surface area contributed by atoms with Gasteiger partial charge in [0.2, 0.25) is 11.6 Å². The van der Waals surface area contributed by atoms with Gasteiger partial charge in [0.15, 0.2) is 11.5 Å². The smallest absolute Gasteiger partial charge is 0.279 e. The number of hydrogen-bond acceptors (Lipinski definition) is 8. The van der Waals surface area contributed by atoms with Crippen LogP contribution >= 0.6 is 0 Å². The Morgan fingerprint density at radius 1 is 0.639 bits per heavy atom. The van der Waals surface area contributed by atoms with Gasteiger partial charge >= 0.3 is 0 Å². The summed E-state index contributed by atoms with van der Waals surface area (Å²) in [5, 5.41) is 5.97. The summed E-state index contributed by atoms with van der Waals surface area (Å²) in [5.74, 6) is 1.10. The van der Waals surface area contributed by atoms with E-state index in [0.29, 0.717) is 46.2 Å². The first-order chi connectivity index (χ1) is 27.7. The van der Waals surface area contributed by atoms with Gasteiger partial charge in [-0.05, 0) is 131 Å². The monoisotopic (exact) mass is 902 g/mol. The summed E-state index contributed by atoms with van der Waals surface area (Å²) >= 11 is 0. The first-order valence-corrected chi connectivity index (χ1v) is 19.9. The molecule has 61 heavy (non-hydrogen) atoms. The molecule has 0 saturated heterocycles. The summed E-state index contributed by atoms with van der Waals surface area (Å²) in [5.41, 5.74) is 3.57. The maximum absolute atomic E-state index is 13.4. The molecule has 4 aromatic carbocycles. The van der Waals surface area contributed by atoms with Crippen LogP contribution in [0.4, 0.5) is 0 Å². The van der Waals surface area contributed by atoms with Crippen LogP contribution in [0.2, 0.25) is 0 Å². The van der Waals surface area contributed by atoms with E-state index in [2.05, 4.69) is 6.92 Å². The Bertz CT molecular complexity index is 2360. The largest absolute Gasteiger partial charge is 0.497 e. The average Bonchev–Trinajstić information content (AvgIpc) is 3.76. The van der Waals surface area contributed by atoms with Crippen molar-refractivity contribution in [3.63, 3.8) is 0 Å². The van der Waals surface area contributed by atoms with Crippen LogP contribution in [0, 0.1) is 126 Å². The van der Waals surface area contributed by atoms with Gasteiger partial charge in [-0.15, -0.1) is 0 Å². The number of hydrogen-bond donors (Lipinski definition) is 0. The molecule has 2 aliphatic carbocycles. The van der Waals surface area contributed by atoms with Crippen molar-refractivity contribution in [2.45, 2.75) is 91.0 Å². The predicted octanol–water partition coefficient (Wildman–Crippen LogP) is 10.6. The van der Waals surface area contributed by atoms with Gasteiger partial charge < -0.3 is 18.6 Å². The number of rotatable bonds is 10. The van der Waals surface area contributed by atoms with Crippen molar-refractivity contribution in [2.75, 3.05) is 14.2 Å². The Balaban J connectivity index is 0.000000422. The van der Waals surface area contributed by atoms with Crippen molar-refractivity contribution in [1.29, 1.82) is 0 Å². The van der Waals surface area contributed by atoms with Crippen LogP contribution in [-0.4, -0.2) is 53.9 Å². The number of carbonyl (C=O) groups excluding carboxylic acids is 2. The Morgan fingerprint density at radius 2 is 1.13 bits per heavy atom. The molecule has 0 bridgehead atoms. The topological polar surface area (TPSA) is 110 Å². The molecule has 8 rings (SSSR count). The average molecular weight is 903 g/mol. The third kappa shape index (κ3) is 13.6. The molecule has 0 amide bonds. The molecule has 2 aliphatic rings. The van der Waals surface area contributed by atoms with E-state index in [-0.39, 0.29) is 149 Å². The number of ketones is 2. The van der Waals surface area contributed by atoms with Gasteiger partial charge in [0.05, 0.1) is 42.2 Å². The maximum atomic E-state index is 13.4. The van der Waals surface area contributed by atoms with E-state index < -0.39 is 0 Å². The molecule has 0 aliphatic heterocycles. The summed E-state index contributed by atoms with van der Waals surface area (Å²) in [7, 11) is 3.43. The van der Waals surface area contributed by atoms with E-state index in [4.69, 9.17) is 23.7 Å². The van der Waals surface area contributed by atoms with Gasteiger partial charge in [-0.25, -0.2) is 0 Å². The fourth-order valence-electron chi connectivity index (χ4n) is 7.69. The van der Waals surface area contributed by atoms with Crippen LogP contribution in [0.3, 0.4) is 0 Å². The molecule has 2 fully saturated rings. The van der Waals surface area contributed by atoms with Crippen molar-refractivity contribution in [3.8, 4) is 22.7 Å². The molecule has 12 heteroatoms. The van der Waals surface area contributed by atoms with E-state index in [1.54, 1.807) is 49.6 Å². The van der Waals surface area contributed by atoms with Crippen LogP contribution in [-0.2, 0) is 9.47 Å². The molecule has 0 radical (unpaired) electrons. The number of methoxy groups -OCH3 is 2. The number of fused-ring (bicyclic) bond motifs is 1. The molecule has 0 atom stereocenters. The SMILES string of the molecule is C.COC1CCC(OC2CCC(C)CC2)CC1.COc1ccc(-c2nn(-c3ccc(C(=O)c4ccc(C(=O)c5ccc(C)cc5)o4)cc3)c(=O)c3ccccc23)cc1.[Ar].[Ar].[Ar]. The fourth-order valence-corrected chi connectivity index (χ4v) is 7.69. The molecule has 9 nitrogen and oxygen atoms in total. The fraction of sp³-hybridized carbons (Fsp3) is 0.347. The minimum absolute atomic E-state index is 0. The van der Waals surface area contributed by atoms with Crippen LogP contribution in [0.15, 0.2) is 118 Å². The molecule has 0 unspecified atom stereocenters. The molecule has 2 heterocycles. The third-order valence-electron chi connectivity index (χ3n) is 11.2. The van der Waals surface area contributed by atoms with E-state index in [1.807, 2.05) is 68.6 Å². The van der Waals surface area contributed by atoms with Gasteiger partial charge in [-0.3, -0.25) is 14.4 Å². The minimum atomic E-state index is -0.378. The van der Waals surface area contributed by atoms with Crippen LogP contribution in [0.25, 0.3) is 27.7 Å². The number of nitrogens with zero attached hydrogens (tertiary/aromatic N) is 2. The quantitative estimate of drug-likeness (QED) is 0.125. The Labute approximate surface area is 449 Å². The molecule has 326 valence electrons. The second kappa shape index (κ2) is 25.6. The van der Waals surface area contributed by atoms with E-state index in [9.17, 15) is 14.4 Å². The predicted molar refractivity (Wildman–Crippen MR) is 228 cm³/mol.